The fourth-order valence-corrected chi connectivity index (χ4v) is 6.21. The van der Waals surface area contributed by atoms with E-state index < -0.39 is 34.7 Å². The van der Waals surface area contributed by atoms with Gasteiger partial charge in [0.2, 0.25) is 11.7 Å². The Labute approximate surface area is 308 Å². The molecule has 0 spiro atoms. The van der Waals surface area contributed by atoms with E-state index >= 15 is 0 Å². The van der Waals surface area contributed by atoms with E-state index in [9.17, 15) is 27.6 Å². The molecule has 1 unspecified atom stereocenters. The average Bonchev–Trinajstić information content (AvgIpc) is 3.17. The Hall–Kier alpha value is -6.21. The molecule has 0 aromatic heterocycles. The van der Waals surface area contributed by atoms with Crippen LogP contribution in [-0.4, -0.2) is 39.1 Å². The SMILES string of the molecule is COc1cc(/C=C(\NC(=O)c2ccccc2)C(=O)Nc2ccc(SC(C(=O)Nc3ccccc3C(F)(F)F)c3ccccc3)cc2)cc(OC)c1OC. The molecule has 3 amide bonds. The lowest BCUT2D eigenvalue weighted by Gasteiger charge is -2.19. The molecule has 0 saturated heterocycles. The summed E-state index contributed by atoms with van der Waals surface area (Å²) >= 11 is 1.13. The molecule has 1 atom stereocenters. The van der Waals surface area contributed by atoms with E-state index in [1.54, 1.807) is 97.1 Å². The van der Waals surface area contributed by atoms with Crippen molar-refractivity contribution in [3.8, 4) is 17.2 Å². The van der Waals surface area contributed by atoms with E-state index in [2.05, 4.69) is 16.0 Å². The lowest BCUT2D eigenvalue weighted by atomic mass is 10.1. The van der Waals surface area contributed by atoms with Crippen LogP contribution in [0.25, 0.3) is 6.08 Å². The van der Waals surface area contributed by atoms with Gasteiger partial charge in [0.05, 0.1) is 32.6 Å². The fourth-order valence-electron chi connectivity index (χ4n) is 5.18. The van der Waals surface area contributed by atoms with Crippen molar-refractivity contribution in [1.29, 1.82) is 0 Å². The first-order valence-corrected chi connectivity index (χ1v) is 16.9. The number of hydrogen-bond donors (Lipinski definition) is 3. The number of carbonyl (C=O) groups is 3. The van der Waals surface area contributed by atoms with Crippen molar-refractivity contribution in [2.45, 2.75) is 16.3 Å². The van der Waals surface area contributed by atoms with Gasteiger partial charge in [-0.3, -0.25) is 14.4 Å². The zero-order valence-electron chi connectivity index (χ0n) is 28.7. The minimum atomic E-state index is -4.66. The first kappa shape index (κ1) is 38.0. The minimum absolute atomic E-state index is 0.0912. The molecule has 13 heteroatoms. The van der Waals surface area contributed by atoms with Gasteiger partial charge in [-0.05, 0) is 77.9 Å². The normalized spacial score (nSPS) is 11.9. The molecule has 53 heavy (non-hydrogen) atoms. The molecule has 0 aliphatic carbocycles. The highest BCUT2D eigenvalue weighted by molar-refractivity contribution is 8.00. The lowest BCUT2D eigenvalue weighted by Crippen LogP contribution is -2.30. The number of thioether (sulfide) groups is 1. The second-order valence-electron chi connectivity index (χ2n) is 11.3. The first-order valence-electron chi connectivity index (χ1n) is 16.0. The third-order valence-corrected chi connectivity index (χ3v) is 8.99. The Morgan fingerprint density at radius 1 is 0.717 bits per heavy atom. The fraction of sp³-hybridized carbons (Fsp3) is 0.125. The molecular weight excluding hydrogens is 708 g/mol. The molecule has 0 aliphatic heterocycles. The summed E-state index contributed by atoms with van der Waals surface area (Å²) in [4.78, 5) is 41.0. The topological polar surface area (TPSA) is 115 Å². The number of benzene rings is 5. The maximum atomic E-state index is 13.7. The predicted octanol–water partition coefficient (Wildman–Crippen LogP) is 8.61. The van der Waals surface area contributed by atoms with E-state index in [0.717, 1.165) is 17.8 Å². The molecule has 5 aromatic rings. The van der Waals surface area contributed by atoms with Gasteiger partial charge in [0.15, 0.2) is 11.5 Å². The van der Waals surface area contributed by atoms with Gasteiger partial charge in [0.25, 0.3) is 11.8 Å². The van der Waals surface area contributed by atoms with Gasteiger partial charge in [-0.2, -0.15) is 13.2 Å². The number of hydrogen-bond acceptors (Lipinski definition) is 7. The number of amides is 3. The van der Waals surface area contributed by atoms with E-state index in [1.807, 2.05) is 0 Å². The van der Waals surface area contributed by atoms with Crippen LogP contribution in [0.3, 0.4) is 0 Å². The largest absolute Gasteiger partial charge is 0.493 e. The van der Waals surface area contributed by atoms with Crippen LogP contribution in [0, 0.1) is 0 Å². The summed E-state index contributed by atoms with van der Waals surface area (Å²) in [5.74, 6) is -0.782. The Balaban J connectivity index is 1.39. The molecular formula is C40H34F3N3O6S. The maximum Gasteiger partial charge on any atom is 0.418 e. The van der Waals surface area contributed by atoms with Crippen molar-refractivity contribution in [3.63, 3.8) is 0 Å². The Kier molecular flexibility index (Phi) is 12.4. The number of carbonyl (C=O) groups excluding carboxylic acids is 3. The second kappa shape index (κ2) is 17.3. The Bertz CT molecular complexity index is 2070. The quantitative estimate of drug-likeness (QED) is 0.0818. The van der Waals surface area contributed by atoms with Crippen molar-refractivity contribution in [1.82, 2.24) is 5.32 Å². The van der Waals surface area contributed by atoms with Gasteiger partial charge < -0.3 is 30.2 Å². The molecule has 0 heterocycles. The summed E-state index contributed by atoms with van der Waals surface area (Å²) in [7, 11) is 4.38. The van der Waals surface area contributed by atoms with Crippen LogP contribution in [0.4, 0.5) is 24.5 Å². The molecule has 0 radical (unpaired) electrons. The van der Waals surface area contributed by atoms with E-state index in [1.165, 1.54) is 45.6 Å². The lowest BCUT2D eigenvalue weighted by molar-refractivity contribution is -0.137. The second-order valence-corrected chi connectivity index (χ2v) is 12.4. The van der Waals surface area contributed by atoms with Gasteiger partial charge >= 0.3 is 6.18 Å². The summed E-state index contributed by atoms with van der Waals surface area (Å²) in [6.45, 7) is 0. The summed E-state index contributed by atoms with van der Waals surface area (Å²) in [5.41, 5.74) is 0.343. The minimum Gasteiger partial charge on any atom is -0.493 e. The monoisotopic (exact) mass is 741 g/mol. The zero-order chi connectivity index (χ0) is 38.0. The maximum absolute atomic E-state index is 13.7. The number of alkyl halides is 3. The third-order valence-electron chi connectivity index (χ3n) is 7.72. The van der Waals surface area contributed by atoms with Gasteiger partial charge in [0.1, 0.15) is 10.9 Å². The molecule has 9 nitrogen and oxygen atoms in total. The Morgan fingerprint density at radius 3 is 1.89 bits per heavy atom. The molecule has 0 fully saturated rings. The number of ether oxygens (including phenoxy) is 3. The predicted molar refractivity (Wildman–Crippen MR) is 198 cm³/mol. The van der Waals surface area contributed by atoms with E-state index in [-0.39, 0.29) is 11.4 Å². The number of nitrogens with one attached hydrogen (secondary N) is 3. The smallest absolute Gasteiger partial charge is 0.418 e. The van der Waals surface area contributed by atoms with Crippen molar-refractivity contribution in [2.75, 3.05) is 32.0 Å². The number of halogens is 3. The number of para-hydroxylation sites is 1. The van der Waals surface area contributed by atoms with E-state index in [4.69, 9.17) is 14.2 Å². The third kappa shape index (κ3) is 9.77. The van der Waals surface area contributed by atoms with Crippen molar-refractivity contribution in [3.05, 3.63) is 149 Å². The molecule has 0 bridgehead atoms. The van der Waals surface area contributed by atoms with Crippen LogP contribution < -0.4 is 30.2 Å². The first-order chi connectivity index (χ1) is 25.5. The molecule has 3 N–H and O–H groups in total. The highest BCUT2D eigenvalue weighted by Crippen LogP contribution is 2.40. The molecule has 0 saturated carbocycles. The number of rotatable bonds is 13. The van der Waals surface area contributed by atoms with Crippen molar-refractivity contribution in [2.24, 2.45) is 0 Å². The van der Waals surface area contributed by atoms with Crippen molar-refractivity contribution >= 4 is 46.9 Å². The van der Waals surface area contributed by atoms with Crippen LogP contribution >= 0.6 is 11.8 Å². The number of methoxy groups -OCH3 is 3. The zero-order valence-corrected chi connectivity index (χ0v) is 29.5. The molecule has 272 valence electrons. The Morgan fingerprint density at radius 2 is 1.30 bits per heavy atom. The summed E-state index contributed by atoms with van der Waals surface area (Å²) in [5, 5.41) is 7.00. The molecule has 0 aliphatic rings. The van der Waals surface area contributed by atoms with Crippen LogP contribution in [0.2, 0.25) is 0 Å². The standard InChI is InChI=1S/C40H34F3N3O6S/c1-50-33-23-25(24-34(51-2)35(33)52-3)22-32(46-37(47)27-14-8-5-9-15-27)38(48)44-28-18-20-29(21-19-28)53-36(26-12-6-4-7-13-26)39(49)45-31-17-11-10-16-30(31)40(41,42)43/h4-24,36H,1-3H3,(H,44,48)(H,45,49)(H,46,47)/b32-22-. The van der Waals surface area contributed by atoms with Crippen LogP contribution in [0.5, 0.6) is 17.2 Å². The number of anilines is 2. The van der Waals surface area contributed by atoms with Gasteiger partial charge in [0, 0.05) is 16.1 Å². The molecule has 5 rings (SSSR count). The van der Waals surface area contributed by atoms with Gasteiger partial charge in [-0.1, -0.05) is 60.7 Å². The average molecular weight is 742 g/mol. The van der Waals surface area contributed by atoms with Gasteiger partial charge in [-0.25, -0.2) is 0 Å². The van der Waals surface area contributed by atoms with Crippen molar-refractivity contribution < 1.29 is 41.8 Å². The highest BCUT2D eigenvalue weighted by Gasteiger charge is 2.34. The summed E-state index contributed by atoms with van der Waals surface area (Å²) in [6.07, 6.45) is -3.20. The van der Waals surface area contributed by atoms with E-state index in [0.29, 0.717) is 44.5 Å². The highest BCUT2D eigenvalue weighted by atomic mass is 32.2. The summed E-state index contributed by atoms with van der Waals surface area (Å²) in [6, 6.07) is 31.6. The van der Waals surface area contributed by atoms with Gasteiger partial charge in [-0.15, -0.1) is 11.8 Å². The van der Waals surface area contributed by atoms with Crippen LogP contribution in [-0.2, 0) is 15.8 Å². The summed E-state index contributed by atoms with van der Waals surface area (Å²) < 4.78 is 57.3. The molecule has 5 aromatic carbocycles. The van der Waals surface area contributed by atoms with Crippen LogP contribution in [0.15, 0.2) is 132 Å². The van der Waals surface area contributed by atoms with Crippen LogP contribution in [0.1, 0.15) is 32.3 Å².